The lowest BCUT2D eigenvalue weighted by molar-refractivity contribution is 0.0697. The van der Waals surface area contributed by atoms with Gasteiger partial charge in [-0.2, -0.15) is 0 Å². The van der Waals surface area contributed by atoms with Crippen LogP contribution in [0.1, 0.15) is 26.5 Å². The van der Waals surface area contributed by atoms with Crippen LogP contribution < -0.4 is 5.32 Å². The first-order valence-corrected chi connectivity index (χ1v) is 5.62. The summed E-state index contributed by atoms with van der Waals surface area (Å²) in [5.74, 6) is -1.51. The van der Waals surface area contributed by atoms with E-state index < -0.39 is 11.9 Å². The third kappa shape index (κ3) is 2.74. The third-order valence-corrected chi connectivity index (χ3v) is 2.72. The minimum absolute atomic E-state index is 0.0319. The van der Waals surface area contributed by atoms with Crippen LogP contribution in [0.4, 0.5) is 5.69 Å². The monoisotopic (exact) mass is 280 g/mol. The average molecular weight is 281 g/mol. The summed E-state index contributed by atoms with van der Waals surface area (Å²) in [6.45, 7) is 1.69. The predicted octanol–water partition coefficient (Wildman–Crippen LogP) is 2.59. The van der Waals surface area contributed by atoms with Gasteiger partial charge < -0.3 is 14.9 Å². The van der Waals surface area contributed by atoms with Crippen LogP contribution in [0.2, 0.25) is 5.02 Å². The van der Waals surface area contributed by atoms with Crippen molar-refractivity contribution in [2.45, 2.75) is 6.92 Å². The number of carboxylic acids is 1. The number of aryl methyl sites for hydroxylation is 1. The Kier molecular flexibility index (Phi) is 3.52. The van der Waals surface area contributed by atoms with Gasteiger partial charge in [0, 0.05) is 11.3 Å². The van der Waals surface area contributed by atoms with Crippen molar-refractivity contribution in [3.8, 4) is 0 Å². The average Bonchev–Trinajstić information content (AvgIpc) is 2.75. The number of carbonyl (C=O) groups is 2. The Morgan fingerprint density at radius 1 is 1.42 bits per heavy atom. The molecule has 6 nitrogen and oxygen atoms in total. The molecule has 1 aromatic carbocycles. The SMILES string of the molecule is Cc1cnoc1C(=O)Nc1ccc(C(=O)O)c(Cl)c1. The van der Waals surface area contributed by atoms with Crippen molar-refractivity contribution in [1.82, 2.24) is 5.16 Å². The number of nitrogens with one attached hydrogen (secondary N) is 1. The third-order valence-electron chi connectivity index (χ3n) is 2.41. The lowest BCUT2D eigenvalue weighted by Gasteiger charge is -2.05. The maximum Gasteiger partial charge on any atom is 0.337 e. The number of nitrogens with zero attached hydrogens (tertiary/aromatic N) is 1. The maximum atomic E-state index is 11.8. The zero-order valence-electron chi connectivity index (χ0n) is 9.81. The number of aromatic carboxylic acids is 1. The van der Waals surface area contributed by atoms with Gasteiger partial charge in [-0.1, -0.05) is 16.8 Å². The molecule has 7 heteroatoms. The van der Waals surface area contributed by atoms with E-state index in [4.69, 9.17) is 21.2 Å². The van der Waals surface area contributed by atoms with Gasteiger partial charge in [-0.05, 0) is 25.1 Å². The summed E-state index contributed by atoms with van der Waals surface area (Å²) in [6.07, 6.45) is 1.43. The van der Waals surface area contributed by atoms with Gasteiger partial charge in [0.2, 0.25) is 5.76 Å². The van der Waals surface area contributed by atoms with Crippen LogP contribution in [0.25, 0.3) is 0 Å². The highest BCUT2D eigenvalue weighted by Crippen LogP contribution is 2.21. The summed E-state index contributed by atoms with van der Waals surface area (Å²) in [7, 11) is 0. The second kappa shape index (κ2) is 5.11. The molecule has 0 saturated heterocycles. The second-order valence-electron chi connectivity index (χ2n) is 3.79. The molecular weight excluding hydrogens is 272 g/mol. The Bertz CT molecular complexity index is 651. The number of halogens is 1. The van der Waals surface area contributed by atoms with Gasteiger partial charge in [0.05, 0.1) is 16.8 Å². The van der Waals surface area contributed by atoms with Crippen LogP contribution >= 0.6 is 11.6 Å². The van der Waals surface area contributed by atoms with Crippen LogP contribution in [0.15, 0.2) is 28.9 Å². The number of carboxylic acid groups (broad SMARTS) is 1. The van der Waals surface area contributed by atoms with Gasteiger partial charge in [0.15, 0.2) is 0 Å². The Balaban J connectivity index is 2.21. The van der Waals surface area contributed by atoms with Crippen molar-refractivity contribution in [1.29, 1.82) is 0 Å². The van der Waals surface area contributed by atoms with Crippen molar-refractivity contribution >= 4 is 29.2 Å². The molecule has 98 valence electrons. The van der Waals surface area contributed by atoms with Gasteiger partial charge in [-0.25, -0.2) is 4.79 Å². The zero-order chi connectivity index (χ0) is 14.0. The van der Waals surface area contributed by atoms with Gasteiger partial charge in [-0.15, -0.1) is 0 Å². The Hall–Kier alpha value is -2.34. The number of carbonyl (C=O) groups excluding carboxylic acids is 1. The molecule has 2 N–H and O–H groups in total. The fraction of sp³-hybridized carbons (Fsp3) is 0.0833. The fourth-order valence-electron chi connectivity index (χ4n) is 1.46. The summed E-state index contributed by atoms with van der Waals surface area (Å²) in [5.41, 5.74) is 0.942. The molecule has 1 heterocycles. The summed E-state index contributed by atoms with van der Waals surface area (Å²) in [5, 5.41) is 14.9. The number of hydrogen-bond donors (Lipinski definition) is 2. The summed E-state index contributed by atoms with van der Waals surface area (Å²) >= 11 is 5.80. The van der Waals surface area contributed by atoms with Gasteiger partial charge >= 0.3 is 5.97 Å². The molecule has 0 fully saturated rings. The van der Waals surface area contributed by atoms with Crippen molar-refractivity contribution < 1.29 is 19.2 Å². The van der Waals surface area contributed by atoms with E-state index >= 15 is 0 Å². The van der Waals surface area contributed by atoms with E-state index in [0.717, 1.165) is 0 Å². The van der Waals surface area contributed by atoms with Crippen LogP contribution in [0, 0.1) is 6.92 Å². The number of aromatic nitrogens is 1. The molecule has 0 aliphatic heterocycles. The van der Waals surface area contributed by atoms with E-state index in [1.54, 1.807) is 6.92 Å². The summed E-state index contributed by atoms with van der Waals surface area (Å²) in [4.78, 5) is 22.6. The molecule has 2 aromatic rings. The molecule has 0 unspecified atom stereocenters. The largest absolute Gasteiger partial charge is 0.478 e. The van der Waals surface area contributed by atoms with Gasteiger partial charge in [-0.3, -0.25) is 4.79 Å². The highest BCUT2D eigenvalue weighted by molar-refractivity contribution is 6.33. The van der Waals surface area contributed by atoms with E-state index in [1.807, 2.05) is 0 Å². The number of anilines is 1. The molecule has 0 radical (unpaired) electrons. The van der Waals surface area contributed by atoms with E-state index in [0.29, 0.717) is 11.3 Å². The molecule has 0 bridgehead atoms. The highest BCUT2D eigenvalue weighted by Gasteiger charge is 2.15. The maximum absolute atomic E-state index is 11.8. The summed E-state index contributed by atoms with van der Waals surface area (Å²) in [6, 6.07) is 4.11. The second-order valence-corrected chi connectivity index (χ2v) is 4.20. The molecule has 0 saturated carbocycles. The van der Waals surface area contributed by atoms with Crippen molar-refractivity contribution in [3.63, 3.8) is 0 Å². The van der Waals surface area contributed by atoms with E-state index in [-0.39, 0.29) is 16.3 Å². The highest BCUT2D eigenvalue weighted by atomic mass is 35.5. The first kappa shape index (κ1) is 13.1. The summed E-state index contributed by atoms with van der Waals surface area (Å²) < 4.78 is 4.80. The molecule has 0 aliphatic carbocycles. The van der Waals surface area contributed by atoms with Crippen LogP contribution in [-0.4, -0.2) is 22.1 Å². The van der Waals surface area contributed by atoms with Crippen molar-refractivity contribution in [2.24, 2.45) is 0 Å². The lowest BCUT2D eigenvalue weighted by Crippen LogP contribution is -2.12. The first-order chi connectivity index (χ1) is 8.99. The normalized spacial score (nSPS) is 10.2. The van der Waals surface area contributed by atoms with Gasteiger partial charge in [0.1, 0.15) is 0 Å². The Morgan fingerprint density at radius 3 is 2.68 bits per heavy atom. The smallest absolute Gasteiger partial charge is 0.337 e. The first-order valence-electron chi connectivity index (χ1n) is 5.24. The number of benzene rings is 1. The van der Waals surface area contributed by atoms with Gasteiger partial charge in [0.25, 0.3) is 5.91 Å². The van der Waals surface area contributed by atoms with E-state index in [2.05, 4.69) is 10.5 Å². The van der Waals surface area contributed by atoms with E-state index in [1.165, 1.54) is 24.4 Å². The molecular formula is C12H9ClN2O4. The van der Waals surface area contributed by atoms with E-state index in [9.17, 15) is 9.59 Å². The minimum Gasteiger partial charge on any atom is -0.478 e. The number of amides is 1. The number of rotatable bonds is 3. The minimum atomic E-state index is -1.13. The van der Waals surface area contributed by atoms with Crippen LogP contribution in [0.3, 0.4) is 0 Å². The quantitative estimate of drug-likeness (QED) is 0.901. The predicted molar refractivity (Wildman–Crippen MR) is 67.6 cm³/mol. The molecule has 1 aromatic heterocycles. The van der Waals surface area contributed by atoms with Crippen LogP contribution in [0.5, 0.6) is 0 Å². The molecule has 0 aliphatic rings. The standard InChI is InChI=1S/C12H9ClN2O4/c1-6-5-14-19-10(6)11(16)15-7-2-3-8(12(17)18)9(13)4-7/h2-5H,1H3,(H,15,16)(H,17,18). The van der Waals surface area contributed by atoms with Crippen molar-refractivity contribution in [2.75, 3.05) is 5.32 Å². The Labute approximate surface area is 113 Å². The molecule has 19 heavy (non-hydrogen) atoms. The molecule has 2 rings (SSSR count). The number of hydrogen-bond acceptors (Lipinski definition) is 4. The molecule has 0 atom stereocenters. The molecule has 0 spiro atoms. The fourth-order valence-corrected chi connectivity index (χ4v) is 1.72. The Morgan fingerprint density at radius 2 is 2.16 bits per heavy atom. The topological polar surface area (TPSA) is 92.4 Å². The van der Waals surface area contributed by atoms with Crippen molar-refractivity contribution in [3.05, 3.63) is 46.3 Å². The zero-order valence-corrected chi connectivity index (χ0v) is 10.6. The molecule has 1 amide bonds. The lowest BCUT2D eigenvalue weighted by atomic mass is 10.2. The van der Waals surface area contributed by atoms with Crippen LogP contribution in [-0.2, 0) is 0 Å².